The lowest BCUT2D eigenvalue weighted by atomic mass is 10.1. The van der Waals surface area contributed by atoms with Gasteiger partial charge in [0.1, 0.15) is 9.61 Å². The lowest BCUT2D eigenvalue weighted by Gasteiger charge is -2.11. The van der Waals surface area contributed by atoms with Crippen molar-refractivity contribution in [3.63, 3.8) is 0 Å². The molecule has 0 atom stereocenters. The number of aromatic nitrogens is 1. The van der Waals surface area contributed by atoms with Crippen LogP contribution in [0.25, 0.3) is 0 Å². The quantitative estimate of drug-likeness (QED) is 0.614. The molecule has 7 heteroatoms. The van der Waals surface area contributed by atoms with E-state index in [4.69, 9.17) is 9.47 Å². The maximum absolute atomic E-state index is 11.7. The van der Waals surface area contributed by atoms with Crippen LogP contribution < -0.4 is 0 Å². The van der Waals surface area contributed by atoms with E-state index in [1.54, 1.807) is 19.2 Å². The van der Waals surface area contributed by atoms with Gasteiger partial charge in [0, 0.05) is 5.38 Å². The third-order valence-corrected chi connectivity index (χ3v) is 3.40. The molecule has 0 radical (unpaired) electrons. The van der Waals surface area contributed by atoms with Gasteiger partial charge in [-0.3, -0.25) is 9.59 Å². The molecule has 0 saturated heterocycles. The molecule has 0 bridgehead atoms. The smallest absolute Gasteiger partial charge is 0.327 e. The molecule has 17 heavy (non-hydrogen) atoms. The molecule has 0 unspecified atom stereocenters. The Hall–Kier alpha value is -0.950. The molecule has 0 aliphatic heterocycles. The van der Waals surface area contributed by atoms with Gasteiger partial charge >= 0.3 is 11.9 Å². The molecule has 0 amide bonds. The summed E-state index contributed by atoms with van der Waals surface area (Å²) in [4.78, 5) is 27.4. The first-order valence-corrected chi connectivity index (χ1v) is 6.71. The second-order valence-electron chi connectivity index (χ2n) is 2.95. The second-order valence-corrected chi connectivity index (χ2v) is 4.65. The Bertz CT molecular complexity index is 389. The van der Waals surface area contributed by atoms with Crippen LogP contribution in [0.15, 0.2) is 9.98 Å². The zero-order valence-electron chi connectivity index (χ0n) is 9.44. The molecule has 1 heterocycles. The standard InChI is InChI=1S/C10H12BrNO4S/c1-3-15-9(13)7(10(14)16-4-2)8-12-6(11)5-17-8/h5,7H,3-4H2,1-2H3. The van der Waals surface area contributed by atoms with Gasteiger partial charge in [0.15, 0.2) is 0 Å². The first kappa shape index (κ1) is 14.1. The fourth-order valence-electron chi connectivity index (χ4n) is 1.15. The minimum absolute atomic E-state index is 0.210. The summed E-state index contributed by atoms with van der Waals surface area (Å²) < 4.78 is 10.3. The highest BCUT2D eigenvalue weighted by Crippen LogP contribution is 2.25. The minimum Gasteiger partial charge on any atom is -0.465 e. The second kappa shape index (κ2) is 6.70. The highest BCUT2D eigenvalue weighted by Gasteiger charge is 2.34. The average molecular weight is 322 g/mol. The summed E-state index contributed by atoms with van der Waals surface area (Å²) in [5, 5.41) is 2.06. The molecule has 0 aliphatic carbocycles. The molecule has 0 saturated carbocycles. The predicted molar refractivity (Wildman–Crippen MR) is 65.8 cm³/mol. The van der Waals surface area contributed by atoms with Crippen molar-refractivity contribution in [3.05, 3.63) is 15.0 Å². The van der Waals surface area contributed by atoms with E-state index in [2.05, 4.69) is 20.9 Å². The van der Waals surface area contributed by atoms with Gasteiger partial charge in [-0.05, 0) is 29.8 Å². The molecule has 1 aromatic heterocycles. The Labute approximate surface area is 111 Å². The Morgan fingerprint density at radius 2 is 1.88 bits per heavy atom. The third kappa shape index (κ3) is 3.78. The highest BCUT2D eigenvalue weighted by molar-refractivity contribution is 9.10. The number of rotatable bonds is 5. The van der Waals surface area contributed by atoms with E-state index in [0.717, 1.165) is 0 Å². The monoisotopic (exact) mass is 321 g/mol. The molecule has 1 aromatic rings. The van der Waals surface area contributed by atoms with Gasteiger partial charge in [0.2, 0.25) is 5.92 Å². The normalized spacial score (nSPS) is 10.4. The van der Waals surface area contributed by atoms with Crippen LogP contribution in [0.3, 0.4) is 0 Å². The maximum Gasteiger partial charge on any atom is 0.327 e. The highest BCUT2D eigenvalue weighted by atomic mass is 79.9. The molecule has 0 N–H and O–H groups in total. The summed E-state index contributed by atoms with van der Waals surface area (Å²) >= 11 is 4.38. The van der Waals surface area contributed by atoms with Crippen LogP contribution in [-0.2, 0) is 19.1 Å². The van der Waals surface area contributed by atoms with Crippen LogP contribution >= 0.6 is 27.3 Å². The van der Waals surface area contributed by atoms with Gasteiger partial charge in [0.25, 0.3) is 0 Å². The zero-order valence-corrected chi connectivity index (χ0v) is 11.8. The SMILES string of the molecule is CCOC(=O)C(C(=O)OCC)c1nc(Br)cs1. The lowest BCUT2D eigenvalue weighted by Crippen LogP contribution is -2.26. The number of halogens is 1. The van der Waals surface area contributed by atoms with E-state index < -0.39 is 17.9 Å². The molecule has 0 spiro atoms. The molecule has 0 aliphatic rings. The number of thiazole rings is 1. The van der Waals surface area contributed by atoms with Crippen molar-refractivity contribution in [2.45, 2.75) is 19.8 Å². The summed E-state index contributed by atoms with van der Waals surface area (Å²) in [7, 11) is 0. The number of hydrogen-bond acceptors (Lipinski definition) is 6. The van der Waals surface area contributed by atoms with Gasteiger partial charge < -0.3 is 9.47 Å². The Morgan fingerprint density at radius 1 is 1.35 bits per heavy atom. The van der Waals surface area contributed by atoms with Crippen molar-refractivity contribution >= 4 is 39.2 Å². The van der Waals surface area contributed by atoms with E-state index in [9.17, 15) is 9.59 Å². The fraction of sp³-hybridized carbons (Fsp3) is 0.500. The van der Waals surface area contributed by atoms with Crippen molar-refractivity contribution < 1.29 is 19.1 Å². The van der Waals surface area contributed by atoms with Crippen LogP contribution in [0, 0.1) is 0 Å². The summed E-state index contributed by atoms with van der Waals surface area (Å²) in [6, 6.07) is 0. The number of nitrogens with zero attached hydrogens (tertiary/aromatic N) is 1. The third-order valence-electron chi connectivity index (χ3n) is 1.79. The van der Waals surface area contributed by atoms with Gasteiger partial charge in [-0.15, -0.1) is 11.3 Å². The van der Waals surface area contributed by atoms with E-state index in [-0.39, 0.29) is 13.2 Å². The number of hydrogen-bond donors (Lipinski definition) is 0. The Morgan fingerprint density at radius 3 is 2.24 bits per heavy atom. The summed E-state index contributed by atoms with van der Waals surface area (Å²) in [5.41, 5.74) is 0. The summed E-state index contributed by atoms with van der Waals surface area (Å²) in [6.45, 7) is 3.78. The lowest BCUT2D eigenvalue weighted by molar-refractivity contribution is -0.156. The summed E-state index contributed by atoms with van der Waals surface area (Å²) in [5.74, 6) is -2.35. The van der Waals surface area contributed by atoms with Crippen LogP contribution in [0.1, 0.15) is 24.8 Å². The van der Waals surface area contributed by atoms with Gasteiger partial charge in [0.05, 0.1) is 13.2 Å². The zero-order chi connectivity index (χ0) is 12.8. The molecule has 0 aromatic carbocycles. The molecule has 5 nitrogen and oxygen atoms in total. The maximum atomic E-state index is 11.7. The average Bonchev–Trinajstić information content (AvgIpc) is 2.66. The van der Waals surface area contributed by atoms with Gasteiger partial charge in [-0.25, -0.2) is 4.98 Å². The molecule has 0 fully saturated rings. The minimum atomic E-state index is -1.09. The number of ether oxygens (including phenoxy) is 2. The number of esters is 2. The van der Waals surface area contributed by atoms with Crippen LogP contribution in [-0.4, -0.2) is 30.1 Å². The van der Waals surface area contributed by atoms with Crippen LogP contribution in [0.4, 0.5) is 0 Å². The van der Waals surface area contributed by atoms with Gasteiger partial charge in [-0.2, -0.15) is 0 Å². The van der Waals surface area contributed by atoms with Crippen molar-refractivity contribution in [2.75, 3.05) is 13.2 Å². The molecule has 94 valence electrons. The predicted octanol–water partition coefficient (Wildman–Crippen LogP) is 2.12. The Kier molecular flexibility index (Phi) is 5.57. The first-order chi connectivity index (χ1) is 8.10. The van der Waals surface area contributed by atoms with Crippen molar-refractivity contribution in [1.29, 1.82) is 0 Å². The topological polar surface area (TPSA) is 65.5 Å². The van der Waals surface area contributed by atoms with Crippen molar-refractivity contribution in [3.8, 4) is 0 Å². The van der Waals surface area contributed by atoms with E-state index in [0.29, 0.717) is 9.61 Å². The van der Waals surface area contributed by atoms with E-state index in [1.807, 2.05) is 0 Å². The van der Waals surface area contributed by atoms with Crippen molar-refractivity contribution in [1.82, 2.24) is 4.98 Å². The molecular weight excluding hydrogens is 310 g/mol. The number of carbonyl (C=O) groups is 2. The van der Waals surface area contributed by atoms with Crippen LogP contribution in [0.2, 0.25) is 0 Å². The van der Waals surface area contributed by atoms with E-state index >= 15 is 0 Å². The number of carbonyl (C=O) groups excluding carboxylic acids is 2. The fourth-order valence-corrected chi connectivity index (χ4v) is 2.49. The van der Waals surface area contributed by atoms with E-state index in [1.165, 1.54) is 11.3 Å². The van der Waals surface area contributed by atoms with Gasteiger partial charge in [-0.1, -0.05) is 0 Å². The molecule has 1 rings (SSSR count). The first-order valence-electron chi connectivity index (χ1n) is 5.04. The van der Waals surface area contributed by atoms with Crippen molar-refractivity contribution in [2.24, 2.45) is 0 Å². The Balaban J connectivity index is 2.93. The largest absolute Gasteiger partial charge is 0.465 e. The summed E-state index contributed by atoms with van der Waals surface area (Å²) in [6.07, 6.45) is 0. The molecular formula is C10H12BrNO4S. The van der Waals surface area contributed by atoms with Crippen LogP contribution in [0.5, 0.6) is 0 Å².